The van der Waals surface area contributed by atoms with Crippen LogP contribution in [0.2, 0.25) is 0 Å². The summed E-state index contributed by atoms with van der Waals surface area (Å²) in [7, 11) is 1.81. The Kier molecular flexibility index (Phi) is 5.79. The molecule has 0 spiro atoms. The number of aryl methyl sites for hydroxylation is 2. The van der Waals surface area contributed by atoms with Crippen LogP contribution < -0.4 is 0 Å². The van der Waals surface area contributed by atoms with Crippen LogP contribution in [0.25, 0.3) is 0 Å². The number of hydrogen-bond acceptors (Lipinski definition) is 3. The number of nitrogens with zero attached hydrogens (tertiary/aromatic N) is 4. The summed E-state index contributed by atoms with van der Waals surface area (Å²) in [6, 6.07) is 9.24. The highest BCUT2D eigenvalue weighted by atomic mass is 19.4. The Morgan fingerprint density at radius 1 is 1.12 bits per heavy atom. The molecule has 0 bridgehead atoms. The Balaban J connectivity index is 1.48. The summed E-state index contributed by atoms with van der Waals surface area (Å²) < 4.78 is 40.1. The molecule has 8 heteroatoms. The van der Waals surface area contributed by atoms with Crippen molar-refractivity contribution in [3.8, 4) is 0 Å². The number of hydrogen-bond donors (Lipinski definition) is 0. The van der Waals surface area contributed by atoms with Gasteiger partial charge in [-0.3, -0.25) is 14.5 Å². The number of halogens is 3. The van der Waals surface area contributed by atoms with Crippen LogP contribution in [0.1, 0.15) is 56.5 Å². The average Bonchev–Trinajstić information content (AvgIpc) is 3.35. The van der Waals surface area contributed by atoms with Crippen LogP contribution in [0, 0.1) is 13.8 Å². The Hall–Kier alpha value is -3.16. The summed E-state index contributed by atoms with van der Waals surface area (Å²) in [5.74, 6) is 0.109. The third-order valence-corrected chi connectivity index (χ3v) is 6.08. The molecule has 32 heavy (non-hydrogen) atoms. The molecule has 1 atom stereocenters. The van der Waals surface area contributed by atoms with Crippen molar-refractivity contribution in [3.05, 3.63) is 81.9 Å². The molecule has 0 radical (unpaired) electrons. The van der Waals surface area contributed by atoms with Crippen molar-refractivity contribution in [2.45, 2.75) is 38.8 Å². The molecule has 0 N–H and O–H groups in total. The Bertz CT molecular complexity index is 1140. The summed E-state index contributed by atoms with van der Waals surface area (Å²) in [4.78, 5) is 19.4. The quantitative estimate of drug-likeness (QED) is 0.590. The average molecular weight is 442 g/mol. The molecule has 3 heterocycles. The van der Waals surface area contributed by atoms with Crippen molar-refractivity contribution in [2.75, 3.05) is 13.1 Å². The van der Waals surface area contributed by atoms with Crippen LogP contribution in [-0.4, -0.2) is 38.7 Å². The van der Waals surface area contributed by atoms with Crippen LogP contribution in [-0.2, 0) is 19.6 Å². The second-order valence-corrected chi connectivity index (χ2v) is 8.42. The molecule has 1 saturated heterocycles. The lowest BCUT2D eigenvalue weighted by Crippen LogP contribution is -2.29. The van der Waals surface area contributed by atoms with E-state index in [0.29, 0.717) is 25.1 Å². The van der Waals surface area contributed by atoms with Gasteiger partial charge in [-0.05, 0) is 62.1 Å². The fourth-order valence-corrected chi connectivity index (χ4v) is 4.19. The number of pyridine rings is 1. The molecule has 168 valence electrons. The molecular formula is C24H25F3N4O. The molecule has 1 aliphatic heterocycles. The van der Waals surface area contributed by atoms with Gasteiger partial charge in [-0.15, -0.1) is 0 Å². The number of alkyl halides is 3. The molecule has 1 aromatic carbocycles. The SMILES string of the molecule is Cc1cc(Cc2ccc(C(F)(F)F)cc2)cc([C@H]2CCN(C(=O)c3cnn(C)c3C)C2)n1. The lowest BCUT2D eigenvalue weighted by atomic mass is 9.98. The van der Waals surface area contributed by atoms with Crippen molar-refractivity contribution in [1.29, 1.82) is 0 Å². The molecular weight excluding hydrogens is 417 g/mol. The van der Waals surface area contributed by atoms with Crippen molar-refractivity contribution < 1.29 is 18.0 Å². The maximum Gasteiger partial charge on any atom is 0.416 e. The molecule has 3 aromatic rings. The number of aromatic nitrogens is 3. The van der Waals surface area contributed by atoms with Crippen LogP contribution in [0.3, 0.4) is 0 Å². The summed E-state index contributed by atoms with van der Waals surface area (Å²) in [5.41, 5.74) is 4.40. The zero-order valence-electron chi connectivity index (χ0n) is 18.3. The molecule has 5 nitrogen and oxygen atoms in total. The van der Waals surface area contributed by atoms with Crippen LogP contribution in [0.15, 0.2) is 42.6 Å². The van der Waals surface area contributed by atoms with E-state index in [1.807, 2.05) is 37.9 Å². The molecule has 0 aliphatic carbocycles. The number of amides is 1. The van der Waals surface area contributed by atoms with E-state index >= 15 is 0 Å². The van der Waals surface area contributed by atoms with Gasteiger partial charge in [0.15, 0.2) is 0 Å². The Morgan fingerprint density at radius 3 is 2.47 bits per heavy atom. The van der Waals surface area contributed by atoms with E-state index in [0.717, 1.165) is 46.8 Å². The number of likely N-dealkylation sites (tertiary alicyclic amines) is 1. The standard InChI is InChI=1S/C24H25F3N4O/c1-15-10-18(11-17-4-6-20(7-5-17)24(25,26)27)12-22(29-15)19-8-9-31(14-19)23(32)21-13-28-30(3)16(21)2/h4-7,10,12-13,19H,8-9,11,14H2,1-3H3/t19-/m0/s1. The highest BCUT2D eigenvalue weighted by Gasteiger charge is 2.31. The summed E-state index contributed by atoms with van der Waals surface area (Å²) in [6.45, 7) is 5.03. The van der Waals surface area contributed by atoms with E-state index in [-0.39, 0.29) is 11.8 Å². The molecule has 1 amide bonds. The first-order chi connectivity index (χ1) is 15.1. The highest BCUT2D eigenvalue weighted by molar-refractivity contribution is 5.95. The van der Waals surface area contributed by atoms with Gasteiger partial charge in [-0.25, -0.2) is 0 Å². The zero-order chi connectivity index (χ0) is 23.0. The van der Waals surface area contributed by atoms with Crippen LogP contribution >= 0.6 is 0 Å². The van der Waals surface area contributed by atoms with E-state index in [1.54, 1.807) is 10.9 Å². The maximum atomic E-state index is 12.9. The minimum absolute atomic E-state index is 0.0178. The maximum absolute atomic E-state index is 12.9. The van der Waals surface area contributed by atoms with Gasteiger partial charge >= 0.3 is 6.18 Å². The van der Waals surface area contributed by atoms with Gasteiger partial charge in [0, 0.05) is 43.1 Å². The second kappa shape index (κ2) is 8.41. The van der Waals surface area contributed by atoms with Gasteiger partial charge in [0.1, 0.15) is 0 Å². The first-order valence-electron chi connectivity index (χ1n) is 10.5. The number of benzene rings is 1. The molecule has 1 fully saturated rings. The van der Waals surface area contributed by atoms with Crippen molar-refractivity contribution in [1.82, 2.24) is 19.7 Å². The van der Waals surface area contributed by atoms with Gasteiger partial charge in [-0.2, -0.15) is 18.3 Å². The molecule has 2 aromatic heterocycles. The molecule has 0 saturated carbocycles. The van der Waals surface area contributed by atoms with Gasteiger partial charge in [0.05, 0.1) is 17.3 Å². The zero-order valence-corrected chi connectivity index (χ0v) is 18.3. The first kappa shape index (κ1) is 22.0. The van der Waals surface area contributed by atoms with Gasteiger partial charge < -0.3 is 4.90 Å². The lowest BCUT2D eigenvalue weighted by Gasteiger charge is -2.17. The summed E-state index contributed by atoms with van der Waals surface area (Å²) >= 11 is 0. The van der Waals surface area contributed by atoms with Gasteiger partial charge in [0.2, 0.25) is 0 Å². The van der Waals surface area contributed by atoms with Gasteiger partial charge in [-0.1, -0.05) is 12.1 Å². The largest absolute Gasteiger partial charge is 0.416 e. The monoisotopic (exact) mass is 442 g/mol. The smallest absolute Gasteiger partial charge is 0.338 e. The number of carbonyl (C=O) groups is 1. The van der Waals surface area contributed by atoms with E-state index in [9.17, 15) is 18.0 Å². The minimum atomic E-state index is -4.33. The number of carbonyl (C=O) groups excluding carboxylic acids is 1. The van der Waals surface area contributed by atoms with E-state index in [1.165, 1.54) is 12.1 Å². The van der Waals surface area contributed by atoms with E-state index in [4.69, 9.17) is 0 Å². The Morgan fingerprint density at radius 2 is 1.84 bits per heavy atom. The summed E-state index contributed by atoms with van der Waals surface area (Å²) in [6.07, 6.45) is -1.38. The minimum Gasteiger partial charge on any atom is -0.338 e. The predicted octanol–water partition coefficient (Wildman–Crippen LogP) is 4.67. The van der Waals surface area contributed by atoms with Crippen molar-refractivity contribution in [3.63, 3.8) is 0 Å². The highest BCUT2D eigenvalue weighted by Crippen LogP contribution is 2.31. The fourth-order valence-electron chi connectivity index (χ4n) is 4.19. The van der Waals surface area contributed by atoms with E-state index < -0.39 is 11.7 Å². The molecule has 1 aliphatic rings. The van der Waals surface area contributed by atoms with Crippen LogP contribution in [0.5, 0.6) is 0 Å². The van der Waals surface area contributed by atoms with Crippen molar-refractivity contribution in [2.24, 2.45) is 7.05 Å². The predicted molar refractivity (Wildman–Crippen MR) is 114 cm³/mol. The first-order valence-corrected chi connectivity index (χ1v) is 10.5. The van der Waals surface area contributed by atoms with E-state index in [2.05, 4.69) is 10.1 Å². The lowest BCUT2D eigenvalue weighted by molar-refractivity contribution is -0.137. The summed E-state index contributed by atoms with van der Waals surface area (Å²) in [5, 5.41) is 4.16. The van der Waals surface area contributed by atoms with Crippen LogP contribution in [0.4, 0.5) is 13.2 Å². The molecule has 0 unspecified atom stereocenters. The topological polar surface area (TPSA) is 51.0 Å². The third-order valence-electron chi connectivity index (χ3n) is 6.08. The second-order valence-electron chi connectivity index (χ2n) is 8.42. The number of rotatable bonds is 4. The Labute approximate surface area is 184 Å². The normalized spacial score (nSPS) is 16.6. The third kappa shape index (κ3) is 4.54. The van der Waals surface area contributed by atoms with Crippen molar-refractivity contribution >= 4 is 5.91 Å². The van der Waals surface area contributed by atoms with Gasteiger partial charge in [0.25, 0.3) is 5.91 Å². The molecule has 4 rings (SSSR count). The fraction of sp³-hybridized carbons (Fsp3) is 0.375.